The van der Waals surface area contributed by atoms with Crippen LogP contribution >= 0.6 is 0 Å². The third kappa shape index (κ3) is 2.76. The summed E-state index contributed by atoms with van der Waals surface area (Å²) < 4.78 is 0. The second-order valence-corrected chi connectivity index (χ2v) is 4.63. The van der Waals surface area contributed by atoms with Gasteiger partial charge in [-0.3, -0.25) is 0 Å². The number of hydrogen-bond acceptors (Lipinski definition) is 2. The predicted octanol–water partition coefficient (Wildman–Crippen LogP) is 2.57. The van der Waals surface area contributed by atoms with E-state index in [2.05, 4.69) is 36.1 Å². The largest absolute Gasteiger partial charge is 0.369 e. The van der Waals surface area contributed by atoms with Crippen LogP contribution in [-0.4, -0.2) is 19.1 Å². The van der Waals surface area contributed by atoms with Gasteiger partial charge < -0.3 is 10.6 Å². The normalized spacial score (nSPS) is 15.1. The zero-order chi connectivity index (χ0) is 11.4. The highest BCUT2D eigenvalue weighted by molar-refractivity contribution is 5.49. The average molecular weight is 218 g/mol. The van der Waals surface area contributed by atoms with Gasteiger partial charge in [-0.25, -0.2) is 0 Å². The van der Waals surface area contributed by atoms with Gasteiger partial charge >= 0.3 is 0 Å². The monoisotopic (exact) mass is 218 g/mol. The molecular weight excluding hydrogens is 196 g/mol. The molecule has 2 heteroatoms. The second kappa shape index (κ2) is 5.35. The van der Waals surface area contributed by atoms with E-state index in [0.717, 1.165) is 19.0 Å². The van der Waals surface area contributed by atoms with Crippen LogP contribution in [-0.2, 0) is 6.42 Å². The summed E-state index contributed by atoms with van der Waals surface area (Å²) in [4.78, 5) is 2.55. The van der Waals surface area contributed by atoms with Gasteiger partial charge in [-0.2, -0.15) is 0 Å². The third-order valence-corrected chi connectivity index (χ3v) is 3.15. The van der Waals surface area contributed by atoms with Gasteiger partial charge in [0.2, 0.25) is 0 Å². The number of nitrogens with two attached hydrogens (primary N) is 1. The summed E-state index contributed by atoms with van der Waals surface area (Å²) in [5.74, 6) is 0. The van der Waals surface area contributed by atoms with Crippen LogP contribution in [0, 0.1) is 0 Å². The van der Waals surface area contributed by atoms with Gasteiger partial charge in [0.05, 0.1) is 0 Å². The molecule has 16 heavy (non-hydrogen) atoms. The lowest BCUT2D eigenvalue weighted by molar-refractivity contribution is 0.763. The van der Waals surface area contributed by atoms with E-state index in [1.165, 1.54) is 37.1 Å². The zero-order valence-electron chi connectivity index (χ0n) is 10.2. The molecule has 2 rings (SSSR count). The molecule has 0 unspecified atom stereocenters. The van der Waals surface area contributed by atoms with E-state index in [0.29, 0.717) is 0 Å². The maximum Gasteiger partial charge on any atom is 0.0368 e. The first-order valence-corrected chi connectivity index (χ1v) is 6.40. The van der Waals surface area contributed by atoms with Crippen LogP contribution in [0.4, 0.5) is 5.69 Å². The Hall–Kier alpha value is -1.02. The van der Waals surface area contributed by atoms with Crippen molar-refractivity contribution >= 4 is 5.69 Å². The fourth-order valence-corrected chi connectivity index (χ4v) is 2.17. The smallest absolute Gasteiger partial charge is 0.0368 e. The van der Waals surface area contributed by atoms with Crippen LogP contribution in [0.5, 0.6) is 0 Å². The van der Waals surface area contributed by atoms with E-state index in [1.54, 1.807) is 0 Å². The molecule has 0 bridgehead atoms. The Morgan fingerprint density at radius 2 is 1.94 bits per heavy atom. The summed E-state index contributed by atoms with van der Waals surface area (Å²) >= 11 is 0. The molecule has 2 nitrogen and oxygen atoms in total. The van der Waals surface area contributed by atoms with Crippen molar-refractivity contribution in [2.45, 2.75) is 38.6 Å². The molecule has 1 aromatic rings. The molecule has 1 aliphatic carbocycles. The lowest BCUT2D eigenvalue weighted by Gasteiger charge is -2.24. The summed E-state index contributed by atoms with van der Waals surface area (Å²) in [5, 5.41) is 0. The fraction of sp³-hybridized carbons (Fsp3) is 0.571. The molecule has 0 aromatic heterocycles. The van der Waals surface area contributed by atoms with Gasteiger partial charge in [-0.15, -0.1) is 0 Å². The lowest BCUT2D eigenvalue weighted by atomic mass is 10.1. The van der Waals surface area contributed by atoms with Crippen molar-refractivity contribution in [2.24, 2.45) is 5.73 Å². The first-order chi connectivity index (χ1) is 7.85. The molecule has 1 aromatic carbocycles. The maximum atomic E-state index is 5.55. The summed E-state index contributed by atoms with van der Waals surface area (Å²) in [6.07, 6.45) is 4.94. The standard InChI is InChI=1S/C14H22N2/c1-2-11-16(14-7-8-14)13-5-3-12(4-6-13)9-10-15/h3-6,14H,2,7-11,15H2,1H3. The molecular formula is C14H22N2. The van der Waals surface area contributed by atoms with Crippen LogP contribution < -0.4 is 10.6 Å². The SMILES string of the molecule is CCCN(c1ccc(CCN)cc1)C1CC1. The highest BCUT2D eigenvalue weighted by Gasteiger charge is 2.28. The van der Waals surface area contributed by atoms with Crippen LogP contribution in [0.3, 0.4) is 0 Å². The van der Waals surface area contributed by atoms with Gasteiger partial charge in [-0.1, -0.05) is 19.1 Å². The molecule has 88 valence electrons. The van der Waals surface area contributed by atoms with Crippen molar-refractivity contribution in [2.75, 3.05) is 18.0 Å². The van der Waals surface area contributed by atoms with Gasteiger partial charge in [0.15, 0.2) is 0 Å². The second-order valence-electron chi connectivity index (χ2n) is 4.63. The molecule has 0 aliphatic heterocycles. The Labute approximate surface area is 98.4 Å². The van der Waals surface area contributed by atoms with Crippen molar-refractivity contribution in [3.8, 4) is 0 Å². The number of rotatable bonds is 6. The van der Waals surface area contributed by atoms with Crippen LogP contribution in [0.2, 0.25) is 0 Å². The van der Waals surface area contributed by atoms with Crippen LogP contribution in [0.1, 0.15) is 31.7 Å². The average Bonchev–Trinajstić information content (AvgIpc) is 3.12. The van der Waals surface area contributed by atoms with Crippen molar-refractivity contribution < 1.29 is 0 Å². The van der Waals surface area contributed by atoms with E-state index in [4.69, 9.17) is 5.73 Å². The molecule has 1 fully saturated rings. The van der Waals surface area contributed by atoms with Crippen LogP contribution in [0.15, 0.2) is 24.3 Å². The Balaban J connectivity index is 2.05. The minimum Gasteiger partial charge on any atom is -0.369 e. The summed E-state index contributed by atoms with van der Waals surface area (Å²) in [7, 11) is 0. The summed E-state index contributed by atoms with van der Waals surface area (Å²) in [6, 6.07) is 9.73. The Kier molecular flexibility index (Phi) is 3.83. The highest BCUT2D eigenvalue weighted by atomic mass is 15.2. The molecule has 2 N–H and O–H groups in total. The van der Waals surface area contributed by atoms with Gasteiger partial charge in [-0.05, 0) is 49.9 Å². The highest BCUT2D eigenvalue weighted by Crippen LogP contribution is 2.31. The minimum absolute atomic E-state index is 0.737. The van der Waals surface area contributed by atoms with E-state index in [9.17, 15) is 0 Å². The Morgan fingerprint density at radius 1 is 1.25 bits per heavy atom. The first-order valence-electron chi connectivity index (χ1n) is 6.40. The van der Waals surface area contributed by atoms with Crippen molar-refractivity contribution in [3.63, 3.8) is 0 Å². The van der Waals surface area contributed by atoms with Gasteiger partial charge in [0, 0.05) is 18.3 Å². The van der Waals surface area contributed by atoms with E-state index in [1.807, 2.05) is 0 Å². The van der Waals surface area contributed by atoms with E-state index >= 15 is 0 Å². The predicted molar refractivity (Wildman–Crippen MR) is 69.9 cm³/mol. The molecule has 0 radical (unpaired) electrons. The van der Waals surface area contributed by atoms with E-state index in [-0.39, 0.29) is 0 Å². The lowest BCUT2D eigenvalue weighted by Crippen LogP contribution is -2.26. The number of benzene rings is 1. The minimum atomic E-state index is 0.737. The maximum absolute atomic E-state index is 5.55. The Morgan fingerprint density at radius 3 is 2.44 bits per heavy atom. The summed E-state index contributed by atoms with van der Waals surface area (Å²) in [5.41, 5.74) is 8.28. The molecule has 0 amide bonds. The topological polar surface area (TPSA) is 29.3 Å². The molecule has 0 saturated heterocycles. The number of hydrogen-bond donors (Lipinski definition) is 1. The zero-order valence-corrected chi connectivity index (χ0v) is 10.2. The number of nitrogens with zero attached hydrogens (tertiary/aromatic N) is 1. The summed E-state index contributed by atoms with van der Waals surface area (Å²) in [6.45, 7) is 4.17. The van der Waals surface area contributed by atoms with Crippen LogP contribution in [0.25, 0.3) is 0 Å². The molecule has 0 spiro atoms. The van der Waals surface area contributed by atoms with Gasteiger partial charge in [0.1, 0.15) is 0 Å². The van der Waals surface area contributed by atoms with Gasteiger partial charge in [0.25, 0.3) is 0 Å². The molecule has 0 heterocycles. The quantitative estimate of drug-likeness (QED) is 0.795. The fourth-order valence-electron chi connectivity index (χ4n) is 2.17. The first kappa shape index (κ1) is 11.5. The Bertz CT molecular complexity index is 314. The number of anilines is 1. The van der Waals surface area contributed by atoms with Crippen molar-refractivity contribution in [3.05, 3.63) is 29.8 Å². The van der Waals surface area contributed by atoms with Crippen molar-refractivity contribution in [1.82, 2.24) is 0 Å². The third-order valence-electron chi connectivity index (χ3n) is 3.15. The molecule has 1 saturated carbocycles. The van der Waals surface area contributed by atoms with E-state index < -0.39 is 0 Å². The molecule has 1 aliphatic rings. The molecule has 0 atom stereocenters. The van der Waals surface area contributed by atoms with Crippen molar-refractivity contribution in [1.29, 1.82) is 0 Å².